The van der Waals surface area contributed by atoms with Crippen LogP contribution < -0.4 is 14.8 Å². The number of fused-ring (bicyclic) bond motifs is 1. The van der Waals surface area contributed by atoms with Gasteiger partial charge in [0.1, 0.15) is 5.75 Å². The lowest BCUT2D eigenvalue weighted by Crippen LogP contribution is -2.25. The van der Waals surface area contributed by atoms with E-state index in [0.29, 0.717) is 22.7 Å². The predicted molar refractivity (Wildman–Crippen MR) is 85.8 cm³/mol. The van der Waals surface area contributed by atoms with Gasteiger partial charge in [0.15, 0.2) is 6.61 Å². The zero-order valence-electron chi connectivity index (χ0n) is 11.9. The summed E-state index contributed by atoms with van der Waals surface area (Å²) in [4.78, 5) is 11.3. The van der Waals surface area contributed by atoms with E-state index in [0.717, 1.165) is 0 Å². The summed E-state index contributed by atoms with van der Waals surface area (Å²) >= 11 is 0. The topological polar surface area (TPSA) is 84.5 Å². The molecule has 0 aromatic heterocycles. The summed E-state index contributed by atoms with van der Waals surface area (Å²) in [6.07, 6.45) is 5.30. The highest BCUT2D eigenvalue weighted by atomic mass is 32.2. The molecule has 0 fully saturated rings. The summed E-state index contributed by atoms with van der Waals surface area (Å²) in [6.45, 7) is -0.0871. The van der Waals surface area contributed by atoms with E-state index >= 15 is 0 Å². The number of hydrogen-bond acceptors (Lipinski definition) is 4. The molecule has 0 atom stereocenters. The van der Waals surface area contributed by atoms with E-state index in [4.69, 9.17) is 11.2 Å². The molecule has 0 saturated heterocycles. The first kappa shape index (κ1) is 14.9. The molecule has 0 saturated carbocycles. The summed E-state index contributed by atoms with van der Waals surface area (Å²) in [5, 5.41) is 2.57. The smallest absolute Gasteiger partial charge is 0.262 e. The summed E-state index contributed by atoms with van der Waals surface area (Å²) in [5.41, 5.74) is 1.25. The van der Waals surface area contributed by atoms with Crippen molar-refractivity contribution in [1.29, 1.82) is 0 Å². The lowest BCUT2D eigenvalue weighted by Gasteiger charge is -2.18. The molecule has 1 aliphatic rings. The third-order valence-corrected chi connectivity index (χ3v) is 4.55. The Morgan fingerprint density at radius 1 is 1.22 bits per heavy atom. The Bertz CT molecular complexity index is 929. The van der Waals surface area contributed by atoms with Crippen molar-refractivity contribution in [2.24, 2.45) is 0 Å². The maximum absolute atomic E-state index is 12.5. The Morgan fingerprint density at radius 2 is 2.04 bits per heavy atom. The van der Waals surface area contributed by atoms with Gasteiger partial charge in [0.05, 0.1) is 16.3 Å². The Balaban J connectivity index is 1.92. The van der Waals surface area contributed by atoms with Crippen molar-refractivity contribution < 1.29 is 17.9 Å². The fourth-order valence-electron chi connectivity index (χ4n) is 2.12. The van der Waals surface area contributed by atoms with E-state index in [9.17, 15) is 13.2 Å². The zero-order chi connectivity index (χ0) is 16.4. The van der Waals surface area contributed by atoms with Crippen molar-refractivity contribution in [1.82, 2.24) is 0 Å². The van der Waals surface area contributed by atoms with E-state index in [1.807, 2.05) is 0 Å². The molecule has 1 aliphatic heterocycles. The van der Waals surface area contributed by atoms with Crippen molar-refractivity contribution in [3.8, 4) is 18.1 Å². The van der Waals surface area contributed by atoms with Crippen molar-refractivity contribution in [3.05, 3.63) is 48.0 Å². The quantitative estimate of drug-likeness (QED) is 0.842. The summed E-state index contributed by atoms with van der Waals surface area (Å²) in [6, 6.07) is 10.8. The van der Waals surface area contributed by atoms with Gasteiger partial charge in [0.2, 0.25) is 0 Å². The second-order valence-corrected chi connectivity index (χ2v) is 6.51. The average Bonchev–Trinajstić information content (AvgIpc) is 2.54. The fourth-order valence-corrected chi connectivity index (χ4v) is 3.19. The van der Waals surface area contributed by atoms with E-state index in [2.05, 4.69) is 16.0 Å². The van der Waals surface area contributed by atoms with Gasteiger partial charge in [-0.05, 0) is 36.4 Å². The van der Waals surface area contributed by atoms with E-state index in [1.54, 1.807) is 24.3 Å². The summed E-state index contributed by atoms with van der Waals surface area (Å²) in [7, 11) is -3.81. The molecule has 3 rings (SSSR count). The maximum Gasteiger partial charge on any atom is 0.262 e. The number of benzene rings is 2. The van der Waals surface area contributed by atoms with Crippen molar-refractivity contribution >= 4 is 27.3 Å². The molecule has 7 heteroatoms. The van der Waals surface area contributed by atoms with Crippen molar-refractivity contribution in [2.45, 2.75) is 4.90 Å². The second kappa shape index (κ2) is 5.66. The summed E-state index contributed by atoms with van der Waals surface area (Å²) in [5.74, 6) is 2.54. The third-order valence-electron chi connectivity index (χ3n) is 3.18. The van der Waals surface area contributed by atoms with Gasteiger partial charge in [-0.2, -0.15) is 0 Å². The number of terminal acetylenes is 1. The first-order valence-electron chi connectivity index (χ1n) is 6.64. The SMILES string of the molecule is C#Cc1cccc(NS(=O)(=O)c2ccc3c(c2)NC(=O)CO3)c1. The molecular formula is C16H12N2O4S. The minimum absolute atomic E-state index is 0.00756. The molecule has 0 radical (unpaired) electrons. The molecule has 116 valence electrons. The number of sulfonamides is 1. The molecular weight excluding hydrogens is 316 g/mol. The number of hydrogen-bond donors (Lipinski definition) is 2. The van der Waals surface area contributed by atoms with E-state index < -0.39 is 10.0 Å². The fraction of sp³-hybridized carbons (Fsp3) is 0.0625. The number of amides is 1. The van der Waals surface area contributed by atoms with Gasteiger partial charge in [-0.1, -0.05) is 12.0 Å². The Kier molecular flexibility index (Phi) is 3.68. The number of rotatable bonds is 3. The first-order valence-corrected chi connectivity index (χ1v) is 8.12. The normalized spacial score (nSPS) is 13.3. The molecule has 0 spiro atoms. The molecule has 2 aromatic rings. The molecule has 23 heavy (non-hydrogen) atoms. The van der Waals surface area contributed by atoms with Crippen LogP contribution in [0.4, 0.5) is 11.4 Å². The zero-order valence-corrected chi connectivity index (χ0v) is 12.7. The number of carbonyl (C=O) groups is 1. The average molecular weight is 328 g/mol. The molecule has 2 N–H and O–H groups in total. The van der Waals surface area contributed by atoms with Crippen LogP contribution in [0, 0.1) is 12.3 Å². The highest BCUT2D eigenvalue weighted by Gasteiger charge is 2.21. The molecule has 0 bridgehead atoms. The van der Waals surface area contributed by atoms with Gasteiger partial charge in [-0.3, -0.25) is 9.52 Å². The minimum atomic E-state index is -3.81. The van der Waals surface area contributed by atoms with Crippen LogP contribution >= 0.6 is 0 Å². The number of carbonyl (C=O) groups excluding carboxylic acids is 1. The lowest BCUT2D eigenvalue weighted by molar-refractivity contribution is -0.118. The second-order valence-electron chi connectivity index (χ2n) is 4.83. The highest BCUT2D eigenvalue weighted by Crippen LogP contribution is 2.30. The molecule has 2 aromatic carbocycles. The van der Waals surface area contributed by atoms with Crippen molar-refractivity contribution in [2.75, 3.05) is 16.6 Å². The molecule has 1 amide bonds. The molecule has 0 aliphatic carbocycles. The minimum Gasteiger partial charge on any atom is -0.482 e. The third kappa shape index (κ3) is 3.12. The van der Waals surface area contributed by atoms with Gasteiger partial charge < -0.3 is 10.1 Å². The number of anilines is 2. The maximum atomic E-state index is 12.5. The largest absolute Gasteiger partial charge is 0.482 e. The van der Waals surface area contributed by atoms with Gasteiger partial charge in [-0.25, -0.2) is 8.42 Å². The standard InChI is InChI=1S/C16H12N2O4S/c1-2-11-4-3-5-12(8-11)18-23(20,21)13-6-7-15-14(9-13)17-16(19)10-22-15/h1,3-9,18H,10H2,(H,17,19). The Labute approximate surface area is 133 Å². The first-order chi connectivity index (χ1) is 11.0. The van der Waals surface area contributed by atoms with Crippen LogP contribution in [0.1, 0.15) is 5.56 Å². The molecule has 6 nitrogen and oxygen atoms in total. The van der Waals surface area contributed by atoms with Crippen LogP contribution in [0.2, 0.25) is 0 Å². The lowest BCUT2D eigenvalue weighted by atomic mass is 10.2. The number of ether oxygens (including phenoxy) is 1. The van der Waals surface area contributed by atoms with Crippen LogP contribution in [0.5, 0.6) is 5.75 Å². The Morgan fingerprint density at radius 3 is 2.83 bits per heavy atom. The van der Waals surface area contributed by atoms with Gasteiger partial charge >= 0.3 is 0 Å². The van der Waals surface area contributed by atoms with Crippen LogP contribution in [-0.2, 0) is 14.8 Å². The van der Waals surface area contributed by atoms with Crippen molar-refractivity contribution in [3.63, 3.8) is 0 Å². The summed E-state index contributed by atoms with van der Waals surface area (Å²) < 4.78 is 32.6. The molecule has 0 unspecified atom stereocenters. The van der Waals surface area contributed by atoms with E-state index in [-0.39, 0.29) is 17.4 Å². The van der Waals surface area contributed by atoms with Crippen LogP contribution in [-0.4, -0.2) is 20.9 Å². The number of nitrogens with one attached hydrogen (secondary N) is 2. The van der Waals surface area contributed by atoms with E-state index in [1.165, 1.54) is 18.2 Å². The highest BCUT2D eigenvalue weighted by molar-refractivity contribution is 7.92. The Hall–Kier alpha value is -2.98. The van der Waals surface area contributed by atoms with Crippen LogP contribution in [0.15, 0.2) is 47.4 Å². The predicted octanol–water partition coefficient (Wildman–Crippen LogP) is 1.80. The van der Waals surface area contributed by atoms with Crippen LogP contribution in [0.3, 0.4) is 0 Å². The van der Waals surface area contributed by atoms with Gasteiger partial charge in [0.25, 0.3) is 15.9 Å². The molecule has 1 heterocycles. The van der Waals surface area contributed by atoms with Gasteiger partial charge in [0, 0.05) is 5.56 Å². The monoisotopic (exact) mass is 328 g/mol. The van der Waals surface area contributed by atoms with Gasteiger partial charge in [-0.15, -0.1) is 6.42 Å². The van der Waals surface area contributed by atoms with Crippen LogP contribution in [0.25, 0.3) is 0 Å².